The third-order valence-corrected chi connectivity index (χ3v) is 3.20. The van der Waals surface area contributed by atoms with Crippen LogP contribution in [0.3, 0.4) is 0 Å². The van der Waals surface area contributed by atoms with Crippen molar-refractivity contribution in [1.29, 1.82) is 0 Å². The van der Waals surface area contributed by atoms with Gasteiger partial charge in [-0.2, -0.15) is 0 Å². The minimum absolute atomic E-state index is 0.0356. The number of hydrogen-bond acceptors (Lipinski definition) is 3. The lowest BCUT2D eigenvalue weighted by Gasteiger charge is -2.18. The minimum Gasteiger partial charge on any atom is -0.352 e. The largest absolute Gasteiger partial charge is 0.352 e. The van der Waals surface area contributed by atoms with E-state index in [1.807, 2.05) is 20.8 Å². The summed E-state index contributed by atoms with van der Waals surface area (Å²) in [5.74, 6) is -0.151. The molecule has 0 aliphatic carbocycles. The highest BCUT2D eigenvalue weighted by Crippen LogP contribution is 2.22. The first-order chi connectivity index (χ1) is 8.88. The second-order valence-electron chi connectivity index (χ2n) is 5.89. The maximum atomic E-state index is 12.1. The van der Waals surface area contributed by atoms with Crippen LogP contribution in [0.25, 0.3) is 0 Å². The van der Waals surface area contributed by atoms with Crippen molar-refractivity contribution in [1.82, 2.24) is 20.6 Å². The summed E-state index contributed by atoms with van der Waals surface area (Å²) in [5, 5.41) is 5.64. The Labute approximate surface area is 112 Å². The number of nitrogens with zero attached hydrogens (tertiary/aromatic N) is 1. The molecule has 1 saturated heterocycles. The third-order valence-electron chi connectivity index (χ3n) is 3.20. The van der Waals surface area contributed by atoms with Gasteiger partial charge in [0.25, 0.3) is 5.91 Å². The van der Waals surface area contributed by atoms with E-state index in [4.69, 9.17) is 0 Å². The zero-order chi connectivity index (χ0) is 14.0. The lowest BCUT2D eigenvalue weighted by Crippen LogP contribution is -2.39. The number of nitrogens with one attached hydrogen (secondary N) is 3. The maximum Gasteiger partial charge on any atom is 0.271 e. The van der Waals surface area contributed by atoms with Gasteiger partial charge in [0.05, 0.1) is 12.0 Å². The number of rotatable bonds is 3. The predicted octanol–water partition coefficient (Wildman–Crippen LogP) is 0.716. The van der Waals surface area contributed by atoms with E-state index in [9.17, 15) is 9.59 Å². The summed E-state index contributed by atoms with van der Waals surface area (Å²) < 4.78 is 0. The Bertz CT molecular complexity index is 487. The van der Waals surface area contributed by atoms with Gasteiger partial charge in [0, 0.05) is 24.4 Å². The van der Waals surface area contributed by atoms with Crippen molar-refractivity contribution in [2.45, 2.75) is 45.1 Å². The van der Waals surface area contributed by atoms with Crippen LogP contribution in [0.15, 0.2) is 6.33 Å². The summed E-state index contributed by atoms with van der Waals surface area (Å²) in [6.07, 6.45) is 2.84. The molecule has 0 radical (unpaired) electrons. The second kappa shape index (κ2) is 5.03. The Hall–Kier alpha value is -1.85. The Balaban J connectivity index is 1.97. The lowest BCUT2D eigenvalue weighted by molar-refractivity contribution is -0.119. The summed E-state index contributed by atoms with van der Waals surface area (Å²) in [4.78, 5) is 30.3. The quantitative estimate of drug-likeness (QED) is 0.751. The van der Waals surface area contributed by atoms with Gasteiger partial charge in [0.1, 0.15) is 5.69 Å². The number of hydrogen-bond donors (Lipinski definition) is 3. The molecule has 1 aliphatic heterocycles. The zero-order valence-corrected chi connectivity index (χ0v) is 11.5. The predicted molar refractivity (Wildman–Crippen MR) is 70.8 cm³/mol. The van der Waals surface area contributed by atoms with E-state index in [1.165, 1.54) is 6.33 Å². The molecular formula is C13H20N4O2. The van der Waals surface area contributed by atoms with Crippen LogP contribution in [0.2, 0.25) is 0 Å². The number of imidazole rings is 1. The van der Waals surface area contributed by atoms with E-state index in [-0.39, 0.29) is 23.3 Å². The van der Waals surface area contributed by atoms with Crippen molar-refractivity contribution < 1.29 is 9.59 Å². The number of H-pyrrole nitrogens is 1. The molecule has 2 rings (SSSR count). The third kappa shape index (κ3) is 3.13. The van der Waals surface area contributed by atoms with Crippen LogP contribution >= 0.6 is 0 Å². The summed E-state index contributed by atoms with van der Waals surface area (Å²) in [7, 11) is 0. The fraction of sp³-hybridized carbons (Fsp3) is 0.615. The van der Waals surface area contributed by atoms with Gasteiger partial charge < -0.3 is 15.6 Å². The number of aromatic amines is 1. The molecule has 0 saturated carbocycles. The molecule has 2 amide bonds. The fourth-order valence-corrected chi connectivity index (χ4v) is 2.17. The molecule has 1 aromatic rings. The topological polar surface area (TPSA) is 86.9 Å². The van der Waals surface area contributed by atoms with Crippen LogP contribution in [0.4, 0.5) is 0 Å². The Kier molecular flexibility index (Phi) is 3.59. The van der Waals surface area contributed by atoms with E-state index in [0.717, 1.165) is 12.1 Å². The standard InChI is InChI=1S/C13H20N4O2/c1-13(2,3)11-10(15-7-16-11)12(19)14-6-8-4-5-9(18)17-8/h7-8H,4-6H2,1-3H3,(H,14,19)(H,15,16)(H,17,18)/t8-/m0/s1. The number of carbonyl (C=O) groups excluding carboxylic acids is 2. The van der Waals surface area contributed by atoms with Crippen LogP contribution in [0, 0.1) is 0 Å². The van der Waals surface area contributed by atoms with Crippen molar-refractivity contribution in [3.63, 3.8) is 0 Å². The molecule has 2 heterocycles. The van der Waals surface area contributed by atoms with E-state index < -0.39 is 0 Å². The molecule has 6 heteroatoms. The Morgan fingerprint density at radius 2 is 2.26 bits per heavy atom. The number of aromatic nitrogens is 2. The van der Waals surface area contributed by atoms with Crippen molar-refractivity contribution >= 4 is 11.8 Å². The van der Waals surface area contributed by atoms with Crippen LogP contribution < -0.4 is 10.6 Å². The molecule has 0 spiro atoms. The fourth-order valence-electron chi connectivity index (χ4n) is 2.17. The summed E-state index contributed by atoms with van der Waals surface area (Å²) in [6.45, 7) is 6.51. The monoisotopic (exact) mass is 264 g/mol. The lowest BCUT2D eigenvalue weighted by atomic mass is 9.90. The Morgan fingerprint density at radius 1 is 1.53 bits per heavy atom. The average molecular weight is 264 g/mol. The van der Waals surface area contributed by atoms with E-state index in [2.05, 4.69) is 20.6 Å². The molecule has 1 atom stereocenters. The molecule has 3 N–H and O–H groups in total. The first-order valence-electron chi connectivity index (χ1n) is 6.49. The van der Waals surface area contributed by atoms with Gasteiger partial charge >= 0.3 is 0 Å². The van der Waals surface area contributed by atoms with Crippen molar-refractivity contribution in [3.05, 3.63) is 17.7 Å². The Morgan fingerprint density at radius 3 is 2.84 bits per heavy atom. The van der Waals surface area contributed by atoms with Crippen molar-refractivity contribution in [2.24, 2.45) is 0 Å². The first-order valence-corrected chi connectivity index (χ1v) is 6.49. The smallest absolute Gasteiger partial charge is 0.271 e. The molecule has 1 aliphatic rings. The highest BCUT2D eigenvalue weighted by atomic mass is 16.2. The maximum absolute atomic E-state index is 12.1. The van der Waals surface area contributed by atoms with Gasteiger partial charge in [0.15, 0.2) is 0 Å². The van der Waals surface area contributed by atoms with Crippen molar-refractivity contribution in [2.75, 3.05) is 6.54 Å². The van der Waals surface area contributed by atoms with Gasteiger partial charge in [-0.15, -0.1) is 0 Å². The number of amides is 2. The van der Waals surface area contributed by atoms with Crippen LogP contribution in [0.1, 0.15) is 49.8 Å². The van der Waals surface area contributed by atoms with Gasteiger partial charge in [-0.3, -0.25) is 9.59 Å². The minimum atomic E-state index is -0.202. The van der Waals surface area contributed by atoms with Crippen molar-refractivity contribution in [3.8, 4) is 0 Å². The van der Waals surface area contributed by atoms with Crippen LogP contribution in [-0.4, -0.2) is 34.4 Å². The molecule has 0 bridgehead atoms. The second-order valence-corrected chi connectivity index (χ2v) is 5.89. The molecule has 0 aromatic carbocycles. The molecular weight excluding hydrogens is 244 g/mol. The molecule has 1 aromatic heterocycles. The summed E-state index contributed by atoms with van der Waals surface area (Å²) in [6, 6.07) is 0.0356. The molecule has 0 unspecified atom stereocenters. The zero-order valence-electron chi connectivity index (χ0n) is 11.5. The average Bonchev–Trinajstić information content (AvgIpc) is 2.93. The number of carbonyl (C=O) groups is 2. The van der Waals surface area contributed by atoms with Gasteiger partial charge in [-0.25, -0.2) is 4.98 Å². The molecule has 1 fully saturated rings. The normalized spacial score (nSPS) is 19.3. The van der Waals surface area contributed by atoms with Crippen LogP contribution in [-0.2, 0) is 10.2 Å². The summed E-state index contributed by atoms with van der Waals surface area (Å²) in [5.41, 5.74) is 1.09. The van der Waals surface area contributed by atoms with E-state index >= 15 is 0 Å². The molecule has 104 valence electrons. The van der Waals surface area contributed by atoms with Gasteiger partial charge in [-0.05, 0) is 6.42 Å². The summed E-state index contributed by atoms with van der Waals surface area (Å²) >= 11 is 0. The van der Waals surface area contributed by atoms with Crippen LogP contribution in [0.5, 0.6) is 0 Å². The van der Waals surface area contributed by atoms with E-state index in [0.29, 0.717) is 18.7 Å². The highest BCUT2D eigenvalue weighted by molar-refractivity contribution is 5.93. The molecule has 19 heavy (non-hydrogen) atoms. The first kappa shape index (κ1) is 13.6. The van der Waals surface area contributed by atoms with Gasteiger partial charge in [0.2, 0.25) is 5.91 Å². The van der Waals surface area contributed by atoms with E-state index in [1.54, 1.807) is 0 Å². The van der Waals surface area contributed by atoms with Gasteiger partial charge in [-0.1, -0.05) is 20.8 Å². The molecule has 6 nitrogen and oxygen atoms in total. The highest BCUT2D eigenvalue weighted by Gasteiger charge is 2.26. The SMILES string of the molecule is CC(C)(C)c1[nH]cnc1C(=O)NC[C@@H]1CCC(=O)N1.